The van der Waals surface area contributed by atoms with Gasteiger partial charge in [-0.15, -0.1) is 0 Å². The number of hydrogen-bond acceptors (Lipinski definition) is 3. The van der Waals surface area contributed by atoms with Crippen LogP contribution in [0.2, 0.25) is 0 Å². The minimum absolute atomic E-state index is 0.0186. The van der Waals surface area contributed by atoms with Gasteiger partial charge in [-0.25, -0.2) is 12.4 Å². The molecule has 1 N–H and O–H groups in total. The summed E-state index contributed by atoms with van der Waals surface area (Å²) in [5.74, 6) is -0.0335. The van der Waals surface area contributed by atoms with Gasteiger partial charge >= 0.3 is 0 Å². The summed E-state index contributed by atoms with van der Waals surface area (Å²) in [5.41, 5.74) is 3.64. The minimum Gasteiger partial charge on any atom is -0.396 e. The van der Waals surface area contributed by atoms with Crippen LogP contribution in [0, 0.1) is 19.8 Å². The van der Waals surface area contributed by atoms with E-state index in [1.165, 1.54) is 3.97 Å². The molecule has 0 radical (unpaired) electrons. The lowest BCUT2D eigenvalue weighted by molar-refractivity contribution is 0.251. The molecular formula is C17H19NO3S. The Kier molecular flexibility index (Phi) is 3.70. The number of rotatable bonds is 3. The zero-order chi connectivity index (χ0) is 15.9. The highest BCUT2D eigenvalue weighted by Gasteiger charge is 2.26. The second-order valence-electron chi connectivity index (χ2n) is 5.79. The smallest absolute Gasteiger partial charge is 0.267 e. The Morgan fingerprint density at radius 3 is 2.55 bits per heavy atom. The Morgan fingerprint density at radius 1 is 1.23 bits per heavy atom. The summed E-state index contributed by atoms with van der Waals surface area (Å²) in [5, 5.41) is 9.35. The van der Waals surface area contributed by atoms with E-state index in [2.05, 4.69) is 0 Å². The van der Waals surface area contributed by atoms with Gasteiger partial charge in [0.1, 0.15) is 0 Å². The van der Waals surface area contributed by atoms with E-state index < -0.39 is 10.0 Å². The molecule has 1 aromatic heterocycles. The highest BCUT2D eigenvalue weighted by molar-refractivity contribution is 7.90. The Balaban J connectivity index is 2.13. The molecule has 0 saturated heterocycles. The molecular weight excluding hydrogens is 298 g/mol. The van der Waals surface area contributed by atoms with E-state index in [0.717, 1.165) is 22.4 Å². The molecule has 0 fully saturated rings. The number of fused-ring (bicyclic) bond motifs is 1. The lowest BCUT2D eigenvalue weighted by Gasteiger charge is -2.18. The summed E-state index contributed by atoms with van der Waals surface area (Å²) in [6, 6.07) is 6.86. The Morgan fingerprint density at radius 2 is 1.91 bits per heavy atom. The highest BCUT2D eigenvalue weighted by Crippen LogP contribution is 2.30. The molecule has 0 bridgehead atoms. The minimum atomic E-state index is -3.61. The molecule has 5 heteroatoms. The molecule has 4 nitrogen and oxygen atoms in total. The topological polar surface area (TPSA) is 59.3 Å². The summed E-state index contributed by atoms with van der Waals surface area (Å²) < 4.78 is 27.2. The number of nitrogens with zero attached hydrogens (tertiary/aromatic N) is 1. The van der Waals surface area contributed by atoms with Crippen LogP contribution in [-0.4, -0.2) is 24.1 Å². The Hall–Kier alpha value is -1.85. The van der Waals surface area contributed by atoms with Crippen molar-refractivity contribution in [2.75, 3.05) is 6.61 Å². The van der Waals surface area contributed by atoms with Crippen molar-refractivity contribution in [3.05, 3.63) is 58.9 Å². The molecule has 22 heavy (non-hydrogen) atoms. The van der Waals surface area contributed by atoms with Crippen LogP contribution in [0.15, 0.2) is 41.4 Å². The number of aliphatic hydroxyl groups is 1. The highest BCUT2D eigenvalue weighted by atomic mass is 32.2. The quantitative estimate of drug-likeness (QED) is 0.946. The molecule has 1 atom stereocenters. The zero-order valence-electron chi connectivity index (χ0n) is 12.7. The lowest BCUT2D eigenvalue weighted by Crippen LogP contribution is -2.19. The largest absolute Gasteiger partial charge is 0.396 e. The Labute approximate surface area is 130 Å². The third-order valence-corrected chi connectivity index (χ3v) is 5.83. The van der Waals surface area contributed by atoms with Gasteiger partial charge in [-0.2, -0.15) is 0 Å². The molecule has 0 aliphatic heterocycles. The van der Waals surface area contributed by atoms with Gasteiger partial charge in [0.15, 0.2) is 0 Å². The first kappa shape index (κ1) is 15.1. The normalized spacial score (nSPS) is 17.5. The van der Waals surface area contributed by atoms with E-state index in [1.54, 1.807) is 30.5 Å². The average Bonchev–Trinajstić information content (AvgIpc) is 2.85. The fourth-order valence-corrected chi connectivity index (χ4v) is 4.28. The molecule has 116 valence electrons. The molecule has 0 spiro atoms. The number of hydrogen-bond donors (Lipinski definition) is 1. The van der Waals surface area contributed by atoms with E-state index in [1.807, 2.05) is 26.0 Å². The van der Waals surface area contributed by atoms with Crippen molar-refractivity contribution in [2.45, 2.75) is 25.2 Å². The lowest BCUT2D eigenvalue weighted by atomic mass is 9.94. The number of aromatic nitrogens is 1. The van der Waals surface area contributed by atoms with Gasteiger partial charge in [-0.05, 0) is 43.5 Å². The maximum atomic E-state index is 12.9. The second kappa shape index (κ2) is 5.41. The van der Waals surface area contributed by atoms with Gasteiger partial charge in [-0.1, -0.05) is 29.8 Å². The summed E-state index contributed by atoms with van der Waals surface area (Å²) >= 11 is 0. The zero-order valence-corrected chi connectivity index (χ0v) is 13.5. The predicted octanol–water partition coefficient (Wildman–Crippen LogP) is 2.52. The number of aryl methyl sites for hydroxylation is 2. The fourth-order valence-electron chi connectivity index (χ4n) is 2.81. The second-order valence-corrected chi connectivity index (χ2v) is 7.61. The van der Waals surface area contributed by atoms with Crippen LogP contribution in [0.1, 0.15) is 22.4 Å². The monoisotopic (exact) mass is 317 g/mol. The van der Waals surface area contributed by atoms with Crippen LogP contribution < -0.4 is 0 Å². The van der Waals surface area contributed by atoms with E-state index in [0.29, 0.717) is 6.42 Å². The maximum Gasteiger partial charge on any atom is 0.267 e. The summed E-state index contributed by atoms with van der Waals surface area (Å²) in [6.07, 6.45) is 6.06. The number of benzene rings is 1. The van der Waals surface area contributed by atoms with E-state index in [-0.39, 0.29) is 17.4 Å². The van der Waals surface area contributed by atoms with E-state index in [9.17, 15) is 13.5 Å². The maximum absolute atomic E-state index is 12.9. The van der Waals surface area contributed by atoms with Crippen LogP contribution in [0.25, 0.3) is 6.08 Å². The van der Waals surface area contributed by atoms with E-state index in [4.69, 9.17) is 0 Å². The average molecular weight is 317 g/mol. The summed E-state index contributed by atoms with van der Waals surface area (Å²) in [7, 11) is -3.61. The van der Waals surface area contributed by atoms with Crippen molar-refractivity contribution in [1.29, 1.82) is 0 Å². The first-order valence-corrected chi connectivity index (χ1v) is 8.69. The predicted molar refractivity (Wildman–Crippen MR) is 86.2 cm³/mol. The molecule has 2 aromatic rings. The summed E-state index contributed by atoms with van der Waals surface area (Å²) in [6.45, 7) is 3.85. The molecule has 1 heterocycles. The van der Waals surface area contributed by atoms with Crippen LogP contribution in [0.4, 0.5) is 0 Å². The van der Waals surface area contributed by atoms with Crippen LogP contribution in [0.5, 0.6) is 0 Å². The molecule has 0 amide bonds. The molecule has 1 aliphatic rings. The third-order valence-electron chi connectivity index (χ3n) is 4.12. The molecule has 1 aliphatic carbocycles. The van der Waals surface area contributed by atoms with Gasteiger partial charge in [0, 0.05) is 24.4 Å². The van der Waals surface area contributed by atoms with Crippen LogP contribution in [-0.2, 0) is 16.4 Å². The van der Waals surface area contributed by atoms with Crippen LogP contribution in [0.3, 0.4) is 0 Å². The SMILES string of the molecule is Cc1ccc(S(=O)(=O)n2cc(C)c3c2CC(CO)C=C3)cc1. The Bertz CT molecular complexity index is 830. The van der Waals surface area contributed by atoms with Crippen molar-refractivity contribution in [1.82, 2.24) is 3.97 Å². The van der Waals surface area contributed by atoms with Crippen molar-refractivity contribution in [3.63, 3.8) is 0 Å². The molecule has 0 saturated carbocycles. The molecule has 1 aromatic carbocycles. The first-order valence-electron chi connectivity index (χ1n) is 7.25. The van der Waals surface area contributed by atoms with Gasteiger partial charge in [0.05, 0.1) is 4.90 Å². The van der Waals surface area contributed by atoms with Crippen molar-refractivity contribution in [2.24, 2.45) is 5.92 Å². The standard InChI is InChI=1S/C17H19NO3S/c1-12-3-6-15(7-4-12)22(20,21)18-10-13(2)16-8-5-14(11-19)9-17(16)18/h3-8,10,14,19H,9,11H2,1-2H3. The van der Waals surface area contributed by atoms with Gasteiger partial charge < -0.3 is 5.11 Å². The van der Waals surface area contributed by atoms with Crippen LogP contribution >= 0.6 is 0 Å². The van der Waals surface area contributed by atoms with Crippen molar-refractivity contribution in [3.8, 4) is 0 Å². The first-order chi connectivity index (χ1) is 10.4. The van der Waals surface area contributed by atoms with Gasteiger partial charge in [0.2, 0.25) is 0 Å². The molecule has 1 unspecified atom stereocenters. The van der Waals surface area contributed by atoms with Gasteiger partial charge in [-0.3, -0.25) is 0 Å². The third kappa shape index (κ3) is 2.40. The van der Waals surface area contributed by atoms with Crippen molar-refractivity contribution >= 4 is 16.1 Å². The fraction of sp³-hybridized carbons (Fsp3) is 0.294. The van der Waals surface area contributed by atoms with Crippen molar-refractivity contribution < 1.29 is 13.5 Å². The molecule has 3 rings (SSSR count). The summed E-state index contributed by atoms with van der Waals surface area (Å²) in [4.78, 5) is 0.283. The number of aliphatic hydroxyl groups excluding tert-OH is 1. The van der Waals surface area contributed by atoms with Gasteiger partial charge in [0.25, 0.3) is 10.0 Å². The van der Waals surface area contributed by atoms with E-state index >= 15 is 0 Å².